The minimum absolute atomic E-state index is 0.0328. The van der Waals surface area contributed by atoms with Crippen molar-refractivity contribution in [2.24, 2.45) is 11.8 Å². The number of carbonyl (C=O) groups is 1. The number of anilines is 1. The molecule has 0 N–H and O–H groups in total. The van der Waals surface area contributed by atoms with Crippen LogP contribution in [0.4, 0.5) is 5.69 Å². The maximum atomic E-state index is 13.4. The summed E-state index contributed by atoms with van der Waals surface area (Å²) in [7, 11) is 0. The number of nitrogens with zero attached hydrogens (tertiary/aromatic N) is 2. The minimum atomic E-state index is -0.303. The molecule has 7 rings (SSSR count). The van der Waals surface area contributed by atoms with Crippen molar-refractivity contribution >= 4 is 11.6 Å². The highest BCUT2D eigenvalue weighted by molar-refractivity contribution is 5.99. The van der Waals surface area contributed by atoms with Gasteiger partial charge in [-0.2, -0.15) is 0 Å². The molecule has 0 radical (unpaired) electrons. The van der Waals surface area contributed by atoms with Crippen LogP contribution in [0.5, 0.6) is 0 Å². The van der Waals surface area contributed by atoms with Crippen LogP contribution in [0.2, 0.25) is 0 Å². The molecule has 28 heavy (non-hydrogen) atoms. The van der Waals surface area contributed by atoms with Crippen LogP contribution in [-0.2, 0) is 19.7 Å². The van der Waals surface area contributed by atoms with E-state index in [9.17, 15) is 4.79 Å². The second-order valence-electron chi connectivity index (χ2n) is 9.33. The van der Waals surface area contributed by atoms with Gasteiger partial charge in [-0.3, -0.25) is 9.69 Å². The highest BCUT2D eigenvalue weighted by atomic mass is 16.5. The Morgan fingerprint density at radius 2 is 2.21 bits per heavy atom. The van der Waals surface area contributed by atoms with E-state index in [4.69, 9.17) is 9.47 Å². The Morgan fingerprint density at radius 3 is 3.11 bits per heavy atom. The number of para-hydroxylation sites is 1. The summed E-state index contributed by atoms with van der Waals surface area (Å²) in [5, 5.41) is 0. The van der Waals surface area contributed by atoms with E-state index in [1.54, 1.807) is 0 Å². The number of amides is 1. The lowest BCUT2D eigenvalue weighted by Gasteiger charge is -2.63. The van der Waals surface area contributed by atoms with Gasteiger partial charge >= 0.3 is 0 Å². The van der Waals surface area contributed by atoms with Crippen molar-refractivity contribution in [3.8, 4) is 0 Å². The fraction of sp³-hybridized carbons (Fsp3) is 0.609. The van der Waals surface area contributed by atoms with Crippen LogP contribution < -0.4 is 4.90 Å². The first-order valence-electron chi connectivity index (χ1n) is 10.8. The summed E-state index contributed by atoms with van der Waals surface area (Å²) < 4.78 is 13.1. The molecule has 1 amide bonds. The molecule has 1 aromatic rings. The Kier molecular flexibility index (Phi) is 2.92. The summed E-state index contributed by atoms with van der Waals surface area (Å²) in [6.07, 6.45) is 4.94. The van der Waals surface area contributed by atoms with Crippen LogP contribution in [-0.4, -0.2) is 55.0 Å². The van der Waals surface area contributed by atoms with Crippen molar-refractivity contribution in [2.75, 3.05) is 31.2 Å². The predicted molar refractivity (Wildman–Crippen MR) is 104 cm³/mol. The van der Waals surface area contributed by atoms with Crippen molar-refractivity contribution in [1.82, 2.24) is 4.90 Å². The highest BCUT2D eigenvalue weighted by Crippen LogP contribution is 2.70. The smallest absolute Gasteiger partial charge is 0.229 e. The zero-order valence-electron chi connectivity index (χ0n) is 16.3. The van der Waals surface area contributed by atoms with Crippen LogP contribution in [0.15, 0.2) is 35.9 Å². The molecule has 6 aliphatic rings. The molecule has 5 heterocycles. The molecule has 4 fully saturated rings. The van der Waals surface area contributed by atoms with E-state index in [1.807, 2.05) is 0 Å². The van der Waals surface area contributed by atoms with Gasteiger partial charge in [-0.1, -0.05) is 29.8 Å². The number of rotatable bonds is 2. The molecule has 6 atom stereocenters. The summed E-state index contributed by atoms with van der Waals surface area (Å²) in [5.41, 5.74) is 3.53. The normalized spacial score (nSPS) is 45.0. The van der Waals surface area contributed by atoms with Crippen molar-refractivity contribution < 1.29 is 14.3 Å². The fourth-order valence-electron chi connectivity index (χ4n) is 8.01. The molecule has 2 bridgehead atoms. The van der Waals surface area contributed by atoms with Gasteiger partial charge in [0.1, 0.15) is 5.72 Å². The standard InChI is InChI=1S/C23H26N2O3/c1-2-28-23-12-15-14-7-10-27-18-11-19(26)25-17-6-4-3-5-16(17)22(23,21(25)20(15)18)8-9-24(23)13-14/h3-7,15,18,20-21H,2,8-13H2,1H3. The van der Waals surface area contributed by atoms with Crippen LogP contribution >= 0.6 is 0 Å². The van der Waals surface area contributed by atoms with E-state index < -0.39 is 0 Å². The molecule has 0 aromatic heterocycles. The SMILES string of the molecule is CCOC12CC3C4=CCOC5CC(=O)N6c7ccccc7C1(CCN2C4)C6C53. The molecule has 1 aromatic carbocycles. The summed E-state index contributed by atoms with van der Waals surface area (Å²) in [4.78, 5) is 18.2. The lowest BCUT2D eigenvalue weighted by atomic mass is 9.51. The molecule has 5 heteroatoms. The number of fused-ring (bicyclic) bond motifs is 2. The van der Waals surface area contributed by atoms with E-state index in [0.717, 1.165) is 31.6 Å². The summed E-state index contributed by atoms with van der Waals surface area (Å²) in [6, 6.07) is 8.78. The molecule has 1 aliphatic carbocycles. The summed E-state index contributed by atoms with van der Waals surface area (Å²) in [6.45, 7) is 5.49. The molecular weight excluding hydrogens is 352 g/mol. The first-order chi connectivity index (χ1) is 13.7. The Labute approximate surface area is 165 Å². The minimum Gasteiger partial charge on any atom is -0.373 e. The molecule has 6 unspecified atom stereocenters. The van der Waals surface area contributed by atoms with Gasteiger partial charge < -0.3 is 14.4 Å². The van der Waals surface area contributed by atoms with Crippen LogP contribution in [0.25, 0.3) is 0 Å². The van der Waals surface area contributed by atoms with E-state index >= 15 is 0 Å². The zero-order chi connectivity index (χ0) is 18.7. The van der Waals surface area contributed by atoms with Crippen molar-refractivity contribution in [3.05, 3.63) is 41.5 Å². The van der Waals surface area contributed by atoms with E-state index in [2.05, 4.69) is 47.1 Å². The first-order valence-corrected chi connectivity index (χ1v) is 10.8. The topological polar surface area (TPSA) is 42.0 Å². The Hall–Kier alpha value is -1.69. The van der Waals surface area contributed by atoms with E-state index in [0.29, 0.717) is 31.5 Å². The second kappa shape index (κ2) is 5.07. The summed E-state index contributed by atoms with van der Waals surface area (Å²) in [5.74, 6) is 1.05. The number of benzene rings is 1. The lowest BCUT2D eigenvalue weighted by molar-refractivity contribution is -0.225. The second-order valence-corrected chi connectivity index (χ2v) is 9.33. The van der Waals surface area contributed by atoms with Crippen LogP contribution in [0, 0.1) is 11.8 Å². The predicted octanol–water partition coefficient (Wildman–Crippen LogP) is 2.46. The first kappa shape index (κ1) is 16.1. The molecular formula is C23H26N2O3. The zero-order valence-corrected chi connectivity index (χ0v) is 16.3. The van der Waals surface area contributed by atoms with Crippen molar-refractivity contribution in [3.63, 3.8) is 0 Å². The maximum absolute atomic E-state index is 13.4. The molecule has 5 nitrogen and oxygen atoms in total. The van der Waals surface area contributed by atoms with Crippen molar-refractivity contribution in [1.29, 1.82) is 0 Å². The number of hydrogen-bond donors (Lipinski definition) is 0. The number of hydrogen-bond acceptors (Lipinski definition) is 4. The molecule has 1 spiro atoms. The third kappa shape index (κ3) is 1.52. The lowest BCUT2D eigenvalue weighted by Crippen LogP contribution is -2.75. The third-order valence-corrected chi connectivity index (χ3v) is 8.70. The Morgan fingerprint density at radius 1 is 1.32 bits per heavy atom. The quantitative estimate of drug-likeness (QED) is 0.742. The summed E-state index contributed by atoms with van der Waals surface area (Å²) >= 11 is 0. The Bertz CT molecular complexity index is 928. The average Bonchev–Trinajstić information content (AvgIpc) is 3.13. The van der Waals surface area contributed by atoms with Gasteiger partial charge in [0.2, 0.25) is 5.91 Å². The Balaban J connectivity index is 1.57. The molecule has 146 valence electrons. The average molecular weight is 378 g/mol. The van der Waals surface area contributed by atoms with Crippen molar-refractivity contribution in [2.45, 2.75) is 49.5 Å². The third-order valence-electron chi connectivity index (χ3n) is 8.70. The van der Waals surface area contributed by atoms with E-state index in [1.165, 1.54) is 11.1 Å². The van der Waals surface area contributed by atoms with Gasteiger partial charge in [0.25, 0.3) is 0 Å². The van der Waals surface area contributed by atoms with E-state index in [-0.39, 0.29) is 29.2 Å². The molecule has 5 aliphatic heterocycles. The van der Waals surface area contributed by atoms with Gasteiger partial charge in [0.05, 0.1) is 30.6 Å². The number of ether oxygens (including phenoxy) is 2. The van der Waals surface area contributed by atoms with Gasteiger partial charge in [-0.05, 0) is 37.3 Å². The number of piperidine rings is 2. The van der Waals surface area contributed by atoms with Gasteiger partial charge in [0, 0.05) is 31.3 Å². The van der Waals surface area contributed by atoms with Crippen LogP contribution in [0.1, 0.15) is 31.7 Å². The largest absolute Gasteiger partial charge is 0.373 e. The van der Waals surface area contributed by atoms with Gasteiger partial charge in [-0.15, -0.1) is 0 Å². The van der Waals surface area contributed by atoms with Crippen LogP contribution in [0.3, 0.4) is 0 Å². The molecule has 3 saturated heterocycles. The highest BCUT2D eigenvalue weighted by Gasteiger charge is 2.77. The molecule has 1 saturated carbocycles. The van der Waals surface area contributed by atoms with Gasteiger partial charge in [0.15, 0.2) is 0 Å². The number of carbonyl (C=O) groups excluding carboxylic acids is 1. The van der Waals surface area contributed by atoms with Gasteiger partial charge in [-0.25, -0.2) is 0 Å². The fourth-order valence-corrected chi connectivity index (χ4v) is 8.01. The monoisotopic (exact) mass is 378 g/mol. The maximum Gasteiger partial charge on any atom is 0.229 e.